The summed E-state index contributed by atoms with van der Waals surface area (Å²) in [4.78, 5) is 26.6. The normalized spacial score (nSPS) is 18.9. The van der Waals surface area contributed by atoms with E-state index >= 15 is 0 Å². The summed E-state index contributed by atoms with van der Waals surface area (Å²) in [5.41, 5.74) is 0.940. The average Bonchev–Trinajstić information content (AvgIpc) is 3.24. The molecular formula is C19H21N3O5. The van der Waals surface area contributed by atoms with Crippen molar-refractivity contribution in [3.8, 4) is 11.5 Å². The lowest BCUT2D eigenvalue weighted by molar-refractivity contribution is -0.143. The number of carbonyl (C=O) groups is 2. The van der Waals surface area contributed by atoms with Crippen LogP contribution in [0.15, 0.2) is 28.8 Å². The number of amides is 2. The smallest absolute Gasteiger partial charge is 0.315 e. The van der Waals surface area contributed by atoms with Gasteiger partial charge in [-0.15, -0.1) is 0 Å². The van der Waals surface area contributed by atoms with E-state index in [2.05, 4.69) is 10.5 Å². The summed E-state index contributed by atoms with van der Waals surface area (Å²) in [6.45, 7) is 3.47. The Hall–Kier alpha value is -3.03. The quantitative estimate of drug-likeness (QED) is 0.815. The summed E-state index contributed by atoms with van der Waals surface area (Å²) in [5.74, 6) is 0.897. The molecule has 0 bridgehead atoms. The van der Waals surface area contributed by atoms with Crippen LogP contribution in [0.25, 0.3) is 0 Å². The highest BCUT2D eigenvalue weighted by Crippen LogP contribution is 2.38. The van der Waals surface area contributed by atoms with Crippen LogP contribution < -0.4 is 14.8 Å². The summed E-state index contributed by atoms with van der Waals surface area (Å²) in [5, 5.41) is 6.18. The Kier molecular flexibility index (Phi) is 4.70. The topological polar surface area (TPSA) is 93.9 Å². The van der Waals surface area contributed by atoms with Crippen molar-refractivity contribution < 1.29 is 23.6 Å². The molecule has 0 aliphatic carbocycles. The van der Waals surface area contributed by atoms with Crippen LogP contribution >= 0.6 is 0 Å². The maximum Gasteiger partial charge on any atom is 0.315 e. The molecule has 1 N–H and O–H groups in total. The number of benzene rings is 1. The molecule has 2 amide bonds. The van der Waals surface area contributed by atoms with Gasteiger partial charge in [0.1, 0.15) is 5.76 Å². The Morgan fingerprint density at radius 3 is 2.74 bits per heavy atom. The van der Waals surface area contributed by atoms with Crippen molar-refractivity contribution in [3.05, 3.63) is 35.6 Å². The predicted octanol–water partition coefficient (Wildman–Crippen LogP) is 2.45. The molecule has 1 fully saturated rings. The molecular weight excluding hydrogens is 350 g/mol. The fraction of sp³-hybridized carbons (Fsp3) is 0.421. The van der Waals surface area contributed by atoms with Gasteiger partial charge in [0.2, 0.25) is 0 Å². The molecule has 8 nitrogen and oxygen atoms in total. The third-order valence-electron chi connectivity index (χ3n) is 4.73. The fourth-order valence-electron chi connectivity index (χ4n) is 3.47. The summed E-state index contributed by atoms with van der Waals surface area (Å²) in [6, 6.07) is 7.11. The number of anilines is 1. The lowest BCUT2D eigenvalue weighted by atomic mass is 10.0. The van der Waals surface area contributed by atoms with Gasteiger partial charge in [-0.3, -0.25) is 14.9 Å². The second kappa shape index (κ2) is 7.30. The van der Waals surface area contributed by atoms with E-state index < -0.39 is 11.8 Å². The number of likely N-dealkylation sites (tertiary alicyclic amines) is 1. The van der Waals surface area contributed by atoms with E-state index in [9.17, 15) is 9.59 Å². The first-order chi connectivity index (χ1) is 13.1. The molecule has 3 heterocycles. The SMILES string of the molecule is Cc1cc(NC(=O)C(=O)N2CCC[C@@H]2c2ccc3c(c2)OCCCO3)no1. The fourth-order valence-corrected chi connectivity index (χ4v) is 3.47. The Morgan fingerprint density at radius 1 is 1.15 bits per heavy atom. The molecule has 2 aliphatic rings. The summed E-state index contributed by atoms with van der Waals surface area (Å²) in [6.07, 6.45) is 2.46. The molecule has 2 aromatic rings. The molecule has 1 aromatic carbocycles. The van der Waals surface area contributed by atoms with E-state index in [0.717, 1.165) is 24.8 Å². The van der Waals surface area contributed by atoms with Crippen LogP contribution in [0.3, 0.4) is 0 Å². The van der Waals surface area contributed by atoms with Gasteiger partial charge >= 0.3 is 11.8 Å². The minimum absolute atomic E-state index is 0.167. The van der Waals surface area contributed by atoms with Crippen LogP contribution in [-0.4, -0.2) is 41.6 Å². The van der Waals surface area contributed by atoms with Crippen LogP contribution in [0.4, 0.5) is 5.82 Å². The number of nitrogens with zero attached hydrogens (tertiary/aromatic N) is 2. The third kappa shape index (κ3) is 3.60. The Labute approximate surface area is 156 Å². The molecule has 4 rings (SSSR count). The van der Waals surface area contributed by atoms with Crippen molar-refractivity contribution in [1.29, 1.82) is 0 Å². The van der Waals surface area contributed by atoms with Crippen molar-refractivity contribution in [2.75, 3.05) is 25.1 Å². The third-order valence-corrected chi connectivity index (χ3v) is 4.73. The van der Waals surface area contributed by atoms with Crippen LogP contribution in [0, 0.1) is 6.92 Å². The van der Waals surface area contributed by atoms with Gasteiger partial charge in [-0.1, -0.05) is 11.2 Å². The molecule has 8 heteroatoms. The van der Waals surface area contributed by atoms with E-state index in [0.29, 0.717) is 37.0 Å². The number of carbonyl (C=O) groups excluding carboxylic acids is 2. The molecule has 27 heavy (non-hydrogen) atoms. The zero-order valence-corrected chi connectivity index (χ0v) is 15.1. The van der Waals surface area contributed by atoms with Gasteiger partial charge in [0, 0.05) is 19.0 Å². The van der Waals surface area contributed by atoms with Crippen molar-refractivity contribution >= 4 is 17.6 Å². The number of hydrogen-bond acceptors (Lipinski definition) is 6. The molecule has 1 atom stereocenters. The molecule has 1 aromatic heterocycles. The predicted molar refractivity (Wildman–Crippen MR) is 95.6 cm³/mol. The number of fused-ring (bicyclic) bond motifs is 1. The van der Waals surface area contributed by atoms with E-state index in [1.54, 1.807) is 17.9 Å². The van der Waals surface area contributed by atoms with Crippen molar-refractivity contribution in [1.82, 2.24) is 10.1 Å². The summed E-state index contributed by atoms with van der Waals surface area (Å²) < 4.78 is 16.3. The first-order valence-electron chi connectivity index (χ1n) is 9.06. The van der Waals surface area contributed by atoms with Crippen LogP contribution in [-0.2, 0) is 9.59 Å². The lowest BCUT2D eigenvalue weighted by Crippen LogP contribution is -2.39. The molecule has 2 aliphatic heterocycles. The summed E-state index contributed by atoms with van der Waals surface area (Å²) in [7, 11) is 0. The molecule has 0 saturated carbocycles. The molecule has 0 unspecified atom stereocenters. The zero-order valence-electron chi connectivity index (χ0n) is 15.1. The Morgan fingerprint density at radius 2 is 1.96 bits per heavy atom. The van der Waals surface area contributed by atoms with Gasteiger partial charge in [0.25, 0.3) is 0 Å². The number of aryl methyl sites for hydroxylation is 1. The first-order valence-corrected chi connectivity index (χ1v) is 9.06. The highest BCUT2D eigenvalue weighted by atomic mass is 16.5. The largest absolute Gasteiger partial charge is 0.490 e. The monoisotopic (exact) mass is 371 g/mol. The van der Waals surface area contributed by atoms with E-state index in [1.165, 1.54) is 0 Å². The molecule has 0 spiro atoms. The van der Waals surface area contributed by atoms with E-state index in [-0.39, 0.29) is 11.9 Å². The minimum atomic E-state index is -0.718. The minimum Gasteiger partial charge on any atom is -0.490 e. The molecule has 0 radical (unpaired) electrons. The lowest BCUT2D eigenvalue weighted by Gasteiger charge is -2.25. The first kappa shape index (κ1) is 17.4. The van der Waals surface area contributed by atoms with Gasteiger partial charge in [-0.2, -0.15) is 0 Å². The highest BCUT2D eigenvalue weighted by molar-refractivity contribution is 6.39. The van der Waals surface area contributed by atoms with Crippen molar-refractivity contribution in [3.63, 3.8) is 0 Å². The van der Waals surface area contributed by atoms with Gasteiger partial charge in [0.15, 0.2) is 17.3 Å². The second-order valence-electron chi connectivity index (χ2n) is 6.69. The highest BCUT2D eigenvalue weighted by Gasteiger charge is 2.34. The Balaban J connectivity index is 1.50. The standard InChI is InChI=1S/C19H21N3O5/c1-12-10-17(21-27-12)20-18(23)19(24)22-7-2-4-14(22)13-5-6-15-16(11-13)26-9-3-8-25-15/h5-6,10-11,14H,2-4,7-9H2,1H3,(H,20,21,23)/t14-/m1/s1. The maximum atomic E-state index is 12.7. The average molecular weight is 371 g/mol. The Bertz CT molecular complexity index is 863. The van der Waals surface area contributed by atoms with E-state index in [4.69, 9.17) is 14.0 Å². The number of ether oxygens (including phenoxy) is 2. The molecule has 1 saturated heterocycles. The van der Waals surface area contributed by atoms with Gasteiger partial charge in [-0.05, 0) is 37.5 Å². The van der Waals surface area contributed by atoms with Crippen LogP contribution in [0.1, 0.15) is 36.6 Å². The van der Waals surface area contributed by atoms with E-state index in [1.807, 2.05) is 18.2 Å². The zero-order chi connectivity index (χ0) is 18.8. The van der Waals surface area contributed by atoms with Crippen molar-refractivity contribution in [2.24, 2.45) is 0 Å². The van der Waals surface area contributed by atoms with Crippen molar-refractivity contribution in [2.45, 2.75) is 32.2 Å². The van der Waals surface area contributed by atoms with Gasteiger partial charge in [0.05, 0.1) is 19.3 Å². The van der Waals surface area contributed by atoms with Crippen LogP contribution in [0.2, 0.25) is 0 Å². The number of hydrogen-bond donors (Lipinski definition) is 1. The van der Waals surface area contributed by atoms with Gasteiger partial charge < -0.3 is 18.9 Å². The maximum absolute atomic E-state index is 12.7. The summed E-state index contributed by atoms with van der Waals surface area (Å²) >= 11 is 0. The second-order valence-corrected chi connectivity index (χ2v) is 6.69. The molecule has 142 valence electrons. The van der Waals surface area contributed by atoms with Crippen LogP contribution in [0.5, 0.6) is 11.5 Å². The number of rotatable bonds is 2. The number of nitrogens with one attached hydrogen (secondary N) is 1. The van der Waals surface area contributed by atoms with Gasteiger partial charge in [-0.25, -0.2) is 0 Å². The number of aromatic nitrogens is 1.